The second kappa shape index (κ2) is 8.38. The highest BCUT2D eigenvalue weighted by Gasteiger charge is 2.38. The Balaban J connectivity index is 2.58. The van der Waals surface area contributed by atoms with Gasteiger partial charge in [0.25, 0.3) is 0 Å². The standard InChI is InChI=1S/C18H38N2/c1-6-12-19-14-18(9-4,10-5)16-20-13-11-17(7-2,8-3)15-20/h19H,6-16H2,1-5H3. The van der Waals surface area contributed by atoms with Gasteiger partial charge in [0, 0.05) is 19.6 Å². The first-order valence-corrected chi connectivity index (χ1v) is 9.02. The van der Waals surface area contributed by atoms with E-state index in [1.54, 1.807) is 0 Å². The van der Waals surface area contributed by atoms with E-state index in [0.29, 0.717) is 10.8 Å². The summed E-state index contributed by atoms with van der Waals surface area (Å²) < 4.78 is 0. The quantitative estimate of drug-likeness (QED) is 0.601. The molecule has 1 rings (SSSR count). The van der Waals surface area contributed by atoms with Crippen LogP contribution in [0.1, 0.15) is 73.1 Å². The molecule has 0 aromatic heterocycles. The minimum atomic E-state index is 0.479. The van der Waals surface area contributed by atoms with Crippen LogP contribution < -0.4 is 5.32 Å². The minimum absolute atomic E-state index is 0.479. The average Bonchev–Trinajstić information content (AvgIpc) is 2.90. The van der Waals surface area contributed by atoms with Crippen molar-refractivity contribution in [3.8, 4) is 0 Å². The maximum absolute atomic E-state index is 3.67. The Morgan fingerprint density at radius 2 is 1.70 bits per heavy atom. The molecule has 120 valence electrons. The molecular weight excluding hydrogens is 244 g/mol. The van der Waals surface area contributed by atoms with Gasteiger partial charge in [0.15, 0.2) is 0 Å². The fourth-order valence-corrected chi connectivity index (χ4v) is 3.77. The van der Waals surface area contributed by atoms with Crippen LogP contribution >= 0.6 is 0 Å². The van der Waals surface area contributed by atoms with Gasteiger partial charge < -0.3 is 10.2 Å². The first-order valence-electron chi connectivity index (χ1n) is 9.02. The summed E-state index contributed by atoms with van der Waals surface area (Å²) in [4.78, 5) is 2.76. The Morgan fingerprint density at radius 3 is 2.15 bits per heavy atom. The largest absolute Gasteiger partial charge is 0.316 e. The first kappa shape index (κ1) is 18.0. The fraction of sp³-hybridized carbons (Fsp3) is 1.00. The highest BCUT2D eigenvalue weighted by molar-refractivity contribution is 4.92. The van der Waals surface area contributed by atoms with E-state index in [-0.39, 0.29) is 0 Å². The van der Waals surface area contributed by atoms with Crippen LogP contribution in [-0.4, -0.2) is 37.6 Å². The predicted octanol–water partition coefficient (Wildman–Crippen LogP) is 4.30. The van der Waals surface area contributed by atoms with Crippen molar-refractivity contribution in [1.82, 2.24) is 10.2 Å². The lowest BCUT2D eigenvalue weighted by atomic mass is 9.80. The van der Waals surface area contributed by atoms with E-state index >= 15 is 0 Å². The summed E-state index contributed by atoms with van der Waals surface area (Å²) in [5, 5.41) is 3.67. The van der Waals surface area contributed by atoms with Gasteiger partial charge in [-0.2, -0.15) is 0 Å². The van der Waals surface area contributed by atoms with Crippen molar-refractivity contribution in [1.29, 1.82) is 0 Å². The molecule has 0 aromatic carbocycles. The third kappa shape index (κ3) is 4.46. The molecule has 0 bridgehead atoms. The van der Waals surface area contributed by atoms with E-state index in [0.717, 1.165) is 6.54 Å². The van der Waals surface area contributed by atoms with Crippen molar-refractivity contribution in [3.63, 3.8) is 0 Å². The van der Waals surface area contributed by atoms with Gasteiger partial charge in [0.05, 0.1) is 0 Å². The third-order valence-electron chi connectivity index (χ3n) is 6.00. The zero-order valence-electron chi connectivity index (χ0n) is 14.7. The molecule has 20 heavy (non-hydrogen) atoms. The fourth-order valence-electron chi connectivity index (χ4n) is 3.77. The van der Waals surface area contributed by atoms with Gasteiger partial charge in [0.2, 0.25) is 0 Å². The predicted molar refractivity (Wildman–Crippen MR) is 90.2 cm³/mol. The van der Waals surface area contributed by atoms with Crippen LogP contribution in [0, 0.1) is 10.8 Å². The zero-order valence-corrected chi connectivity index (χ0v) is 14.7. The molecule has 1 fully saturated rings. The molecular formula is C18H38N2. The molecule has 0 atom stereocenters. The van der Waals surface area contributed by atoms with Crippen LogP contribution in [0.3, 0.4) is 0 Å². The number of hydrogen-bond donors (Lipinski definition) is 1. The second-order valence-corrected chi connectivity index (χ2v) is 7.05. The first-order chi connectivity index (χ1) is 9.59. The molecule has 1 heterocycles. The van der Waals surface area contributed by atoms with Crippen LogP contribution in [0.5, 0.6) is 0 Å². The van der Waals surface area contributed by atoms with Gasteiger partial charge in [-0.15, -0.1) is 0 Å². The molecule has 0 aliphatic carbocycles. The van der Waals surface area contributed by atoms with E-state index in [1.165, 1.54) is 64.7 Å². The normalized spacial score (nSPS) is 19.6. The second-order valence-electron chi connectivity index (χ2n) is 7.05. The highest BCUT2D eigenvalue weighted by Crippen LogP contribution is 2.39. The molecule has 0 amide bonds. The van der Waals surface area contributed by atoms with Crippen molar-refractivity contribution in [2.24, 2.45) is 10.8 Å². The molecule has 0 unspecified atom stereocenters. The summed E-state index contributed by atoms with van der Waals surface area (Å²) in [6, 6.07) is 0. The number of nitrogens with zero attached hydrogens (tertiary/aromatic N) is 1. The van der Waals surface area contributed by atoms with E-state index in [2.05, 4.69) is 44.8 Å². The van der Waals surface area contributed by atoms with Gasteiger partial charge in [-0.05, 0) is 62.4 Å². The summed E-state index contributed by atoms with van der Waals surface area (Å²) in [5.41, 5.74) is 1.09. The number of likely N-dealkylation sites (tertiary alicyclic amines) is 1. The van der Waals surface area contributed by atoms with Crippen molar-refractivity contribution >= 4 is 0 Å². The van der Waals surface area contributed by atoms with Gasteiger partial charge in [-0.3, -0.25) is 0 Å². The summed E-state index contributed by atoms with van der Waals surface area (Å²) >= 11 is 0. The SMILES string of the molecule is CCCNCC(CC)(CC)CN1CCC(CC)(CC)C1. The Hall–Kier alpha value is -0.0800. The Morgan fingerprint density at radius 1 is 1.05 bits per heavy atom. The summed E-state index contributed by atoms with van der Waals surface area (Å²) in [6.45, 7) is 18.0. The summed E-state index contributed by atoms with van der Waals surface area (Å²) in [5.74, 6) is 0. The lowest BCUT2D eigenvalue weighted by Gasteiger charge is -2.37. The Kier molecular flexibility index (Phi) is 7.53. The van der Waals surface area contributed by atoms with Crippen molar-refractivity contribution in [3.05, 3.63) is 0 Å². The molecule has 0 saturated carbocycles. The molecule has 0 aromatic rings. The lowest BCUT2D eigenvalue weighted by molar-refractivity contribution is 0.138. The average molecular weight is 283 g/mol. The Bertz CT molecular complexity index is 254. The van der Waals surface area contributed by atoms with Gasteiger partial charge in [0.1, 0.15) is 0 Å². The molecule has 2 nitrogen and oxygen atoms in total. The molecule has 1 saturated heterocycles. The smallest absolute Gasteiger partial charge is 0.00502 e. The lowest BCUT2D eigenvalue weighted by Crippen LogP contribution is -2.43. The van der Waals surface area contributed by atoms with Crippen molar-refractivity contribution in [2.45, 2.75) is 73.1 Å². The number of rotatable bonds is 10. The maximum Gasteiger partial charge on any atom is 0.00502 e. The van der Waals surface area contributed by atoms with E-state index < -0.39 is 0 Å². The molecule has 1 aliphatic rings. The maximum atomic E-state index is 3.67. The molecule has 2 heteroatoms. The van der Waals surface area contributed by atoms with E-state index in [4.69, 9.17) is 0 Å². The molecule has 0 spiro atoms. The number of nitrogens with one attached hydrogen (secondary N) is 1. The van der Waals surface area contributed by atoms with E-state index in [1.807, 2.05) is 0 Å². The molecule has 0 radical (unpaired) electrons. The summed E-state index contributed by atoms with van der Waals surface area (Å²) in [6.07, 6.45) is 7.93. The van der Waals surface area contributed by atoms with Crippen LogP contribution in [0.4, 0.5) is 0 Å². The van der Waals surface area contributed by atoms with Crippen LogP contribution in [-0.2, 0) is 0 Å². The van der Waals surface area contributed by atoms with E-state index in [9.17, 15) is 0 Å². The Labute approximate surface area is 127 Å². The molecule has 1 N–H and O–H groups in total. The topological polar surface area (TPSA) is 15.3 Å². The van der Waals surface area contributed by atoms with Crippen LogP contribution in [0.2, 0.25) is 0 Å². The van der Waals surface area contributed by atoms with Gasteiger partial charge >= 0.3 is 0 Å². The van der Waals surface area contributed by atoms with Crippen LogP contribution in [0.15, 0.2) is 0 Å². The third-order valence-corrected chi connectivity index (χ3v) is 6.00. The summed E-state index contributed by atoms with van der Waals surface area (Å²) in [7, 11) is 0. The van der Waals surface area contributed by atoms with Gasteiger partial charge in [-0.1, -0.05) is 34.6 Å². The van der Waals surface area contributed by atoms with Crippen LogP contribution in [0.25, 0.3) is 0 Å². The van der Waals surface area contributed by atoms with Crippen molar-refractivity contribution < 1.29 is 0 Å². The molecule has 1 aliphatic heterocycles. The highest BCUT2D eigenvalue weighted by atomic mass is 15.2. The monoisotopic (exact) mass is 282 g/mol. The minimum Gasteiger partial charge on any atom is -0.316 e. The zero-order chi connectivity index (χ0) is 15.1. The van der Waals surface area contributed by atoms with Crippen molar-refractivity contribution in [2.75, 3.05) is 32.7 Å². The van der Waals surface area contributed by atoms with Gasteiger partial charge in [-0.25, -0.2) is 0 Å². The number of hydrogen-bond acceptors (Lipinski definition) is 2.